The Hall–Kier alpha value is -1.94. The zero-order valence-electron chi connectivity index (χ0n) is 15.8. The van der Waals surface area contributed by atoms with Crippen LogP contribution in [0, 0.1) is 47.9 Å². The fourth-order valence-electron chi connectivity index (χ4n) is 3.55. The van der Waals surface area contributed by atoms with E-state index in [-0.39, 0.29) is 31.5 Å². The minimum atomic E-state index is -1.61. The number of carbonyl (C=O) groups is 2. The Morgan fingerprint density at radius 2 is 1.76 bits per heavy atom. The summed E-state index contributed by atoms with van der Waals surface area (Å²) in [6, 6.07) is 0. The molecule has 0 aliphatic heterocycles. The Balaban J connectivity index is 3.09. The van der Waals surface area contributed by atoms with Crippen molar-refractivity contribution in [2.24, 2.45) is 23.2 Å². The first-order chi connectivity index (χ1) is 11.8. The van der Waals surface area contributed by atoms with E-state index in [1.165, 1.54) is 0 Å². The van der Waals surface area contributed by atoms with Gasteiger partial charge in [0.15, 0.2) is 5.41 Å². The van der Waals surface area contributed by atoms with E-state index in [1.807, 2.05) is 0 Å². The summed E-state index contributed by atoms with van der Waals surface area (Å²) in [6.07, 6.45) is 13.3. The largest absolute Gasteiger partial charge is 0.465 e. The first-order valence-electron chi connectivity index (χ1n) is 9.07. The van der Waals surface area contributed by atoms with Gasteiger partial charge >= 0.3 is 11.9 Å². The monoisotopic (exact) mass is 346 g/mol. The molecule has 0 aromatic rings. The maximum atomic E-state index is 13.0. The first kappa shape index (κ1) is 21.1. The normalized spacial score (nSPS) is 23.4. The quantitative estimate of drug-likeness (QED) is 0.402. The minimum absolute atomic E-state index is 0.122. The van der Waals surface area contributed by atoms with Crippen molar-refractivity contribution in [1.29, 1.82) is 0 Å². The molecule has 138 valence electrons. The Kier molecular flexibility index (Phi) is 8.04. The van der Waals surface area contributed by atoms with Crippen LogP contribution in [0.3, 0.4) is 0 Å². The molecule has 1 aliphatic rings. The second kappa shape index (κ2) is 9.52. The molecular weight excluding hydrogens is 316 g/mol. The third-order valence-corrected chi connectivity index (χ3v) is 5.08. The fourth-order valence-corrected chi connectivity index (χ4v) is 3.55. The van der Waals surface area contributed by atoms with Crippen molar-refractivity contribution < 1.29 is 19.1 Å². The molecule has 0 unspecified atom stereocenters. The number of rotatable bonds is 7. The first-order valence-corrected chi connectivity index (χ1v) is 9.07. The zero-order chi connectivity index (χ0) is 19.0. The molecule has 1 rings (SSSR count). The molecule has 0 aromatic carbocycles. The van der Waals surface area contributed by atoms with E-state index in [1.54, 1.807) is 6.92 Å². The van der Waals surface area contributed by atoms with E-state index in [2.05, 4.69) is 32.6 Å². The van der Waals surface area contributed by atoms with E-state index >= 15 is 0 Å². The molecule has 0 heterocycles. The van der Waals surface area contributed by atoms with Crippen molar-refractivity contribution in [3.8, 4) is 24.7 Å². The number of terminal acetylenes is 2. The number of esters is 2. The van der Waals surface area contributed by atoms with Gasteiger partial charge in [0.05, 0.1) is 6.61 Å². The highest BCUT2D eigenvalue weighted by molar-refractivity contribution is 6.00. The molecule has 3 atom stereocenters. The van der Waals surface area contributed by atoms with Crippen molar-refractivity contribution in [2.45, 2.75) is 65.9 Å². The highest BCUT2D eigenvalue weighted by Gasteiger charge is 2.49. The van der Waals surface area contributed by atoms with Crippen molar-refractivity contribution in [3.05, 3.63) is 0 Å². The van der Waals surface area contributed by atoms with Crippen LogP contribution in [0.25, 0.3) is 0 Å². The predicted molar refractivity (Wildman–Crippen MR) is 97.2 cm³/mol. The molecule has 25 heavy (non-hydrogen) atoms. The average Bonchev–Trinajstić information content (AvgIpc) is 2.54. The van der Waals surface area contributed by atoms with Gasteiger partial charge in [0, 0.05) is 12.8 Å². The lowest BCUT2D eigenvalue weighted by atomic mass is 9.75. The topological polar surface area (TPSA) is 52.6 Å². The predicted octanol–water partition coefficient (Wildman–Crippen LogP) is 3.59. The highest BCUT2D eigenvalue weighted by Crippen LogP contribution is 2.38. The van der Waals surface area contributed by atoms with Gasteiger partial charge in [0.25, 0.3) is 0 Å². The molecule has 0 N–H and O–H groups in total. The Bertz CT molecular complexity index is 533. The van der Waals surface area contributed by atoms with Gasteiger partial charge in [-0.3, -0.25) is 9.59 Å². The molecule has 4 nitrogen and oxygen atoms in total. The molecular formula is C21H30O4. The van der Waals surface area contributed by atoms with E-state index in [4.69, 9.17) is 22.3 Å². The van der Waals surface area contributed by atoms with Gasteiger partial charge in [0.1, 0.15) is 6.10 Å². The number of hydrogen-bond donors (Lipinski definition) is 0. The molecule has 0 aromatic heterocycles. The van der Waals surface area contributed by atoms with Gasteiger partial charge in [-0.2, -0.15) is 0 Å². The van der Waals surface area contributed by atoms with E-state index in [9.17, 15) is 9.59 Å². The summed E-state index contributed by atoms with van der Waals surface area (Å²) in [6.45, 7) is 8.24. The smallest absolute Gasteiger partial charge is 0.325 e. The lowest BCUT2D eigenvalue weighted by Crippen LogP contribution is -2.45. The van der Waals surface area contributed by atoms with Crippen molar-refractivity contribution in [3.63, 3.8) is 0 Å². The number of carbonyl (C=O) groups excluding carboxylic acids is 2. The van der Waals surface area contributed by atoms with Crippen LogP contribution in [0.5, 0.6) is 0 Å². The molecule has 0 spiro atoms. The van der Waals surface area contributed by atoms with Gasteiger partial charge in [-0.15, -0.1) is 24.7 Å². The molecule has 1 aliphatic carbocycles. The third-order valence-electron chi connectivity index (χ3n) is 5.08. The van der Waals surface area contributed by atoms with Crippen LogP contribution < -0.4 is 0 Å². The molecule has 1 fully saturated rings. The van der Waals surface area contributed by atoms with Crippen LogP contribution in [-0.4, -0.2) is 24.6 Å². The summed E-state index contributed by atoms with van der Waals surface area (Å²) >= 11 is 0. The molecule has 4 heteroatoms. The minimum Gasteiger partial charge on any atom is -0.465 e. The van der Waals surface area contributed by atoms with Crippen molar-refractivity contribution >= 4 is 11.9 Å². The summed E-state index contributed by atoms with van der Waals surface area (Å²) in [5.74, 6) is 4.60. The number of hydrogen-bond acceptors (Lipinski definition) is 4. The molecule has 0 saturated heterocycles. The summed E-state index contributed by atoms with van der Waals surface area (Å²) in [7, 11) is 0. The summed E-state index contributed by atoms with van der Waals surface area (Å²) in [5.41, 5.74) is -1.61. The summed E-state index contributed by atoms with van der Waals surface area (Å²) in [5, 5.41) is 0. The van der Waals surface area contributed by atoms with Crippen LogP contribution in [0.2, 0.25) is 0 Å². The SMILES string of the molecule is C#CCC(CC#C)(C(=O)OCC)C(=O)O[C@H]1C[C@@H](C)CC[C@@H]1C(C)C. The van der Waals surface area contributed by atoms with Gasteiger partial charge in [0.2, 0.25) is 0 Å². The zero-order valence-corrected chi connectivity index (χ0v) is 15.8. The molecule has 0 radical (unpaired) electrons. The molecule has 1 saturated carbocycles. The van der Waals surface area contributed by atoms with Crippen molar-refractivity contribution in [1.82, 2.24) is 0 Å². The van der Waals surface area contributed by atoms with E-state index in [0.29, 0.717) is 11.8 Å². The molecule has 0 bridgehead atoms. The molecule has 0 amide bonds. The van der Waals surface area contributed by atoms with Gasteiger partial charge in [-0.1, -0.05) is 27.2 Å². The standard InChI is InChI=1S/C21H30O4/c1-7-12-21(13-8-2,19(22)24-9-3)20(23)25-18-14-16(6)10-11-17(18)15(4)5/h1-2,15-18H,9-14H2,3-6H3/t16-,17+,18-/m0/s1. The highest BCUT2D eigenvalue weighted by atomic mass is 16.6. The van der Waals surface area contributed by atoms with Gasteiger partial charge < -0.3 is 9.47 Å². The maximum absolute atomic E-state index is 13.0. The lowest BCUT2D eigenvalue weighted by molar-refractivity contribution is -0.179. The van der Waals surface area contributed by atoms with E-state index < -0.39 is 17.4 Å². The summed E-state index contributed by atoms with van der Waals surface area (Å²) in [4.78, 5) is 25.5. The Morgan fingerprint density at radius 3 is 2.24 bits per heavy atom. The maximum Gasteiger partial charge on any atom is 0.325 e. The van der Waals surface area contributed by atoms with Crippen LogP contribution in [0.15, 0.2) is 0 Å². The van der Waals surface area contributed by atoms with Crippen LogP contribution in [0.1, 0.15) is 59.8 Å². The number of ether oxygens (including phenoxy) is 2. The second-order valence-electron chi connectivity index (χ2n) is 7.33. The van der Waals surface area contributed by atoms with Gasteiger partial charge in [-0.25, -0.2) is 0 Å². The van der Waals surface area contributed by atoms with Crippen molar-refractivity contribution in [2.75, 3.05) is 6.61 Å². The van der Waals surface area contributed by atoms with Gasteiger partial charge in [-0.05, 0) is 37.5 Å². The van der Waals surface area contributed by atoms with E-state index in [0.717, 1.165) is 19.3 Å². The average molecular weight is 346 g/mol. The lowest BCUT2D eigenvalue weighted by Gasteiger charge is -2.38. The van der Waals surface area contributed by atoms with Crippen LogP contribution in [-0.2, 0) is 19.1 Å². The Morgan fingerprint density at radius 1 is 1.16 bits per heavy atom. The van der Waals surface area contributed by atoms with Crippen LogP contribution >= 0.6 is 0 Å². The fraction of sp³-hybridized carbons (Fsp3) is 0.714. The van der Waals surface area contributed by atoms with Crippen LogP contribution in [0.4, 0.5) is 0 Å². The third kappa shape index (κ3) is 5.02. The second-order valence-corrected chi connectivity index (χ2v) is 7.33. The Labute approximate surface area is 152 Å². The summed E-state index contributed by atoms with van der Waals surface area (Å²) < 4.78 is 10.9.